The van der Waals surface area contributed by atoms with Crippen LogP contribution in [0.3, 0.4) is 0 Å². The lowest BCUT2D eigenvalue weighted by Crippen LogP contribution is -2.37. The van der Waals surface area contributed by atoms with E-state index in [4.69, 9.17) is 27.9 Å². The van der Waals surface area contributed by atoms with Crippen molar-refractivity contribution >= 4 is 29.1 Å². The number of nitrogens with one attached hydrogen (secondary N) is 1. The molecule has 0 aromatic heterocycles. The molecule has 2 rings (SSSR count). The zero-order valence-corrected chi connectivity index (χ0v) is 14.3. The highest BCUT2D eigenvalue weighted by atomic mass is 35.5. The average molecular weight is 374 g/mol. The molecule has 0 saturated carbocycles. The van der Waals surface area contributed by atoms with Gasteiger partial charge in [-0.3, -0.25) is 4.79 Å². The maximum absolute atomic E-state index is 13.5. The van der Waals surface area contributed by atoms with Crippen LogP contribution in [0.5, 0.6) is 5.75 Å². The number of carbonyl (C=O) groups is 1. The number of hydrogen-bond donors (Lipinski definition) is 1. The maximum Gasteiger partial charge on any atom is 0.260 e. The van der Waals surface area contributed by atoms with Crippen molar-refractivity contribution in [2.75, 3.05) is 6.54 Å². The lowest BCUT2D eigenvalue weighted by molar-refractivity contribution is -0.127. The summed E-state index contributed by atoms with van der Waals surface area (Å²) in [5, 5.41) is 3.31. The largest absolute Gasteiger partial charge is 0.479 e. The third-order valence-corrected chi connectivity index (χ3v) is 3.83. The fourth-order valence-electron chi connectivity index (χ4n) is 2.04. The number of halogens is 4. The van der Waals surface area contributed by atoms with Crippen LogP contribution in [-0.4, -0.2) is 18.6 Å². The summed E-state index contributed by atoms with van der Waals surface area (Å²) in [6.45, 7) is 1.63. The summed E-state index contributed by atoms with van der Waals surface area (Å²) in [6, 6.07) is 8.29. The van der Waals surface area contributed by atoms with E-state index in [-0.39, 0.29) is 23.6 Å². The van der Waals surface area contributed by atoms with Crippen molar-refractivity contribution in [3.63, 3.8) is 0 Å². The molecule has 1 amide bonds. The fraction of sp³-hybridized carbons (Fsp3) is 0.235. The Labute approximate surface area is 148 Å². The minimum atomic E-state index is -0.825. The van der Waals surface area contributed by atoms with Crippen LogP contribution in [0.25, 0.3) is 0 Å². The minimum Gasteiger partial charge on any atom is -0.479 e. The molecule has 2 aromatic rings. The third-order valence-electron chi connectivity index (χ3n) is 3.30. The average Bonchev–Trinajstić information content (AvgIpc) is 2.52. The van der Waals surface area contributed by atoms with Gasteiger partial charge in [0.05, 0.1) is 5.02 Å². The minimum absolute atomic E-state index is 0.0403. The van der Waals surface area contributed by atoms with Gasteiger partial charge in [0.15, 0.2) is 6.10 Å². The van der Waals surface area contributed by atoms with Gasteiger partial charge in [-0.1, -0.05) is 29.3 Å². The highest BCUT2D eigenvalue weighted by Crippen LogP contribution is 2.28. The zero-order chi connectivity index (χ0) is 17.7. The number of benzene rings is 2. The first-order valence-electron chi connectivity index (χ1n) is 7.21. The Balaban J connectivity index is 1.88. The smallest absolute Gasteiger partial charge is 0.260 e. The number of hydrogen-bond acceptors (Lipinski definition) is 2. The van der Waals surface area contributed by atoms with Crippen LogP contribution in [0.1, 0.15) is 12.5 Å². The molecule has 0 spiro atoms. The van der Waals surface area contributed by atoms with Crippen molar-refractivity contribution in [1.29, 1.82) is 0 Å². The first kappa shape index (κ1) is 18.5. The molecule has 3 nitrogen and oxygen atoms in total. The van der Waals surface area contributed by atoms with E-state index in [1.54, 1.807) is 19.1 Å². The lowest BCUT2D eigenvalue weighted by atomic mass is 10.1. The Kier molecular flexibility index (Phi) is 6.40. The normalized spacial score (nSPS) is 11.9. The Morgan fingerprint density at radius 2 is 1.88 bits per heavy atom. The second kappa shape index (κ2) is 8.31. The number of rotatable bonds is 6. The highest BCUT2D eigenvalue weighted by molar-refractivity contribution is 6.35. The zero-order valence-electron chi connectivity index (χ0n) is 12.8. The highest BCUT2D eigenvalue weighted by Gasteiger charge is 2.16. The van der Waals surface area contributed by atoms with E-state index < -0.39 is 23.6 Å². The van der Waals surface area contributed by atoms with E-state index in [0.717, 1.165) is 0 Å². The first-order chi connectivity index (χ1) is 11.4. The summed E-state index contributed by atoms with van der Waals surface area (Å²) < 4.78 is 32.5. The molecule has 0 radical (unpaired) electrons. The molecular formula is C17H15Cl2F2NO2. The molecule has 0 aliphatic rings. The second-order valence-electron chi connectivity index (χ2n) is 5.08. The standard InChI is InChI=1S/C17H15Cl2F2NO2/c1-10(24-16-6-5-11(18)9-13(16)19)17(23)22-8-7-12-14(20)3-2-4-15(12)21/h2-6,9-10H,7-8H2,1H3,(H,22,23). The molecule has 0 heterocycles. The molecule has 128 valence electrons. The van der Waals surface area contributed by atoms with Crippen molar-refractivity contribution in [3.05, 3.63) is 63.6 Å². The molecule has 0 fully saturated rings. The van der Waals surface area contributed by atoms with E-state index in [0.29, 0.717) is 10.8 Å². The molecule has 1 N–H and O–H groups in total. The van der Waals surface area contributed by atoms with Crippen LogP contribution in [0.4, 0.5) is 8.78 Å². The Bertz CT molecular complexity index is 720. The topological polar surface area (TPSA) is 38.3 Å². The van der Waals surface area contributed by atoms with Crippen molar-refractivity contribution in [2.45, 2.75) is 19.4 Å². The van der Waals surface area contributed by atoms with E-state index in [1.807, 2.05) is 0 Å². The van der Waals surface area contributed by atoms with Gasteiger partial charge in [-0.25, -0.2) is 8.78 Å². The predicted molar refractivity (Wildman–Crippen MR) is 89.6 cm³/mol. The number of ether oxygens (including phenoxy) is 1. The molecule has 0 aliphatic carbocycles. The molecule has 0 saturated heterocycles. The van der Waals surface area contributed by atoms with Gasteiger partial charge in [-0.05, 0) is 43.7 Å². The fourth-order valence-corrected chi connectivity index (χ4v) is 2.49. The van der Waals surface area contributed by atoms with Gasteiger partial charge in [0, 0.05) is 17.1 Å². The summed E-state index contributed by atoms with van der Waals surface area (Å²) in [6.07, 6.45) is -0.785. The Morgan fingerprint density at radius 3 is 2.50 bits per heavy atom. The second-order valence-corrected chi connectivity index (χ2v) is 5.92. The van der Waals surface area contributed by atoms with Crippen LogP contribution in [0.2, 0.25) is 10.0 Å². The van der Waals surface area contributed by atoms with Crippen LogP contribution in [0.15, 0.2) is 36.4 Å². The summed E-state index contributed by atoms with van der Waals surface area (Å²) >= 11 is 11.8. The van der Waals surface area contributed by atoms with E-state index in [2.05, 4.69) is 5.32 Å². The third kappa shape index (κ3) is 4.82. The van der Waals surface area contributed by atoms with E-state index in [1.165, 1.54) is 24.3 Å². The monoisotopic (exact) mass is 373 g/mol. The van der Waals surface area contributed by atoms with Gasteiger partial charge >= 0.3 is 0 Å². The van der Waals surface area contributed by atoms with Crippen LogP contribution >= 0.6 is 23.2 Å². The summed E-state index contributed by atoms with van der Waals surface area (Å²) in [7, 11) is 0. The maximum atomic E-state index is 13.5. The van der Waals surface area contributed by atoms with Gasteiger partial charge in [-0.2, -0.15) is 0 Å². The van der Waals surface area contributed by atoms with Crippen molar-refractivity contribution in [2.24, 2.45) is 0 Å². The Morgan fingerprint density at radius 1 is 1.21 bits per heavy atom. The quantitative estimate of drug-likeness (QED) is 0.814. The molecule has 1 atom stereocenters. The van der Waals surface area contributed by atoms with Crippen LogP contribution in [0, 0.1) is 11.6 Å². The van der Waals surface area contributed by atoms with Gasteiger partial charge in [0.2, 0.25) is 0 Å². The summed E-state index contributed by atoms with van der Waals surface area (Å²) in [5.41, 5.74) is -0.0629. The van der Waals surface area contributed by atoms with Crippen molar-refractivity contribution in [1.82, 2.24) is 5.32 Å². The summed E-state index contributed by atoms with van der Waals surface area (Å²) in [4.78, 5) is 12.0. The van der Waals surface area contributed by atoms with E-state index >= 15 is 0 Å². The molecule has 7 heteroatoms. The van der Waals surface area contributed by atoms with Crippen molar-refractivity contribution < 1.29 is 18.3 Å². The molecule has 24 heavy (non-hydrogen) atoms. The molecule has 0 aliphatic heterocycles. The lowest BCUT2D eigenvalue weighted by Gasteiger charge is -2.16. The number of amides is 1. The predicted octanol–water partition coefficient (Wildman–Crippen LogP) is 4.40. The van der Waals surface area contributed by atoms with Gasteiger partial charge in [-0.15, -0.1) is 0 Å². The van der Waals surface area contributed by atoms with Gasteiger partial charge in [0.25, 0.3) is 5.91 Å². The van der Waals surface area contributed by atoms with Gasteiger partial charge < -0.3 is 10.1 Å². The van der Waals surface area contributed by atoms with Crippen LogP contribution < -0.4 is 10.1 Å². The number of carbonyl (C=O) groups excluding carboxylic acids is 1. The molecule has 1 unspecified atom stereocenters. The Hall–Kier alpha value is -1.85. The molecular weight excluding hydrogens is 359 g/mol. The molecule has 0 bridgehead atoms. The van der Waals surface area contributed by atoms with E-state index in [9.17, 15) is 13.6 Å². The van der Waals surface area contributed by atoms with Crippen LogP contribution in [-0.2, 0) is 11.2 Å². The molecule has 2 aromatic carbocycles. The summed E-state index contributed by atoms with van der Waals surface area (Å²) in [5.74, 6) is -1.37. The SMILES string of the molecule is CC(Oc1ccc(Cl)cc1Cl)C(=O)NCCc1c(F)cccc1F. The van der Waals surface area contributed by atoms with Gasteiger partial charge in [0.1, 0.15) is 17.4 Å². The van der Waals surface area contributed by atoms with Crippen molar-refractivity contribution in [3.8, 4) is 5.75 Å². The first-order valence-corrected chi connectivity index (χ1v) is 7.96.